The Morgan fingerprint density at radius 2 is 2.24 bits per heavy atom. The zero-order valence-corrected chi connectivity index (χ0v) is 15.2. The molecule has 10 heteroatoms. The van der Waals surface area contributed by atoms with Crippen LogP contribution in [-0.2, 0) is 25.8 Å². The molecule has 0 atom stereocenters. The van der Waals surface area contributed by atoms with Crippen LogP contribution in [0.4, 0.5) is 9.52 Å². The number of ether oxygens (including phenoxy) is 1. The van der Waals surface area contributed by atoms with Crippen LogP contribution >= 0.6 is 11.3 Å². The molecule has 0 radical (unpaired) electrons. The maximum absolute atomic E-state index is 13.7. The number of halogens is 1. The Hall–Kier alpha value is -2.33. The number of sulfone groups is 1. The van der Waals surface area contributed by atoms with Gasteiger partial charge in [0.1, 0.15) is 5.82 Å². The van der Waals surface area contributed by atoms with Crippen molar-refractivity contribution in [2.45, 2.75) is 18.2 Å². The van der Waals surface area contributed by atoms with Crippen molar-refractivity contribution < 1.29 is 22.3 Å². The molecule has 1 aromatic heterocycles. The van der Waals surface area contributed by atoms with Crippen LogP contribution in [0.25, 0.3) is 0 Å². The monoisotopic (exact) mass is 385 g/mol. The normalized spacial score (nSPS) is 11.6. The predicted molar refractivity (Wildman–Crippen MR) is 93.2 cm³/mol. The molecule has 1 N–H and O–H groups in total. The fourth-order valence-corrected chi connectivity index (χ4v) is 3.12. The van der Waals surface area contributed by atoms with E-state index < -0.39 is 15.7 Å². The number of nitrogens with one attached hydrogen (secondary N) is 1. The number of nitrogens with zero attached hydrogens (tertiary/aromatic N) is 2. The van der Waals surface area contributed by atoms with Crippen molar-refractivity contribution in [1.29, 1.82) is 0 Å². The van der Waals surface area contributed by atoms with Gasteiger partial charge in [-0.25, -0.2) is 17.8 Å². The summed E-state index contributed by atoms with van der Waals surface area (Å²) >= 11 is 1.22. The molecule has 0 saturated carbocycles. The van der Waals surface area contributed by atoms with Gasteiger partial charge >= 0.3 is 5.97 Å². The molecule has 0 aliphatic rings. The number of benzene rings is 1. The quantitative estimate of drug-likeness (QED) is 0.340. The van der Waals surface area contributed by atoms with Crippen molar-refractivity contribution in [2.24, 2.45) is 5.10 Å². The van der Waals surface area contributed by atoms with Crippen LogP contribution in [0.15, 0.2) is 33.6 Å². The fraction of sp³-hybridized carbons (Fsp3) is 0.267. The summed E-state index contributed by atoms with van der Waals surface area (Å²) in [5, 5.41) is 5.94. The number of anilines is 1. The first-order valence-electron chi connectivity index (χ1n) is 7.18. The van der Waals surface area contributed by atoms with Crippen LogP contribution in [0.2, 0.25) is 0 Å². The van der Waals surface area contributed by atoms with E-state index >= 15 is 0 Å². The topological polar surface area (TPSA) is 97.7 Å². The Morgan fingerprint density at radius 3 is 2.92 bits per heavy atom. The molecule has 25 heavy (non-hydrogen) atoms. The van der Waals surface area contributed by atoms with Crippen molar-refractivity contribution in [1.82, 2.24) is 4.98 Å². The zero-order chi connectivity index (χ0) is 18.4. The molecule has 0 fully saturated rings. The molecule has 134 valence electrons. The summed E-state index contributed by atoms with van der Waals surface area (Å²) in [5.74, 6) is -0.970. The first-order chi connectivity index (χ1) is 11.8. The Balaban J connectivity index is 2.04. The van der Waals surface area contributed by atoms with Crippen LogP contribution in [-0.4, -0.2) is 38.4 Å². The first kappa shape index (κ1) is 19.0. The van der Waals surface area contributed by atoms with Crippen LogP contribution < -0.4 is 5.43 Å². The SMILES string of the molecule is CCOC(=O)Cc1csc(NN=Cc2cc(S(C)(=O)=O)ccc2F)n1. The van der Waals surface area contributed by atoms with Crippen molar-refractivity contribution in [2.75, 3.05) is 18.3 Å². The lowest BCUT2D eigenvalue weighted by molar-refractivity contribution is -0.142. The van der Waals surface area contributed by atoms with E-state index in [9.17, 15) is 17.6 Å². The van der Waals surface area contributed by atoms with E-state index in [4.69, 9.17) is 4.74 Å². The number of rotatable bonds is 7. The van der Waals surface area contributed by atoms with Crippen molar-refractivity contribution >= 4 is 38.5 Å². The Kier molecular flexibility index (Phi) is 6.21. The molecule has 1 heterocycles. The third-order valence-electron chi connectivity index (χ3n) is 2.94. The van der Waals surface area contributed by atoms with Gasteiger partial charge in [-0.2, -0.15) is 5.10 Å². The van der Waals surface area contributed by atoms with E-state index in [0.717, 1.165) is 18.5 Å². The number of hydrogen-bond acceptors (Lipinski definition) is 8. The van der Waals surface area contributed by atoms with Gasteiger partial charge in [0.05, 0.1) is 29.8 Å². The summed E-state index contributed by atoms with van der Waals surface area (Å²) in [5.41, 5.74) is 3.17. The largest absolute Gasteiger partial charge is 0.466 e. The second-order valence-corrected chi connectivity index (χ2v) is 7.83. The summed E-state index contributed by atoms with van der Waals surface area (Å²) in [6, 6.07) is 3.46. The standard InChI is InChI=1S/C15H16FN3O4S2/c1-3-23-14(20)7-11-9-24-15(18-11)19-17-8-10-6-12(25(2,21)22)4-5-13(10)16/h4-6,8-9H,3,7H2,1-2H3,(H,18,19). The second-order valence-electron chi connectivity index (χ2n) is 4.95. The van der Waals surface area contributed by atoms with E-state index in [1.54, 1.807) is 12.3 Å². The number of thiazole rings is 1. The van der Waals surface area contributed by atoms with Crippen LogP contribution in [0, 0.1) is 5.82 Å². The Labute approximate surface area is 148 Å². The highest BCUT2D eigenvalue weighted by Crippen LogP contribution is 2.17. The van der Waals surface area contributed by atoms with Gasteiger partial charge in [0.2, 0.25) is 5.13 Å². The average Bonchev–Trinajstić information content (AvgIpc) is 2.95. The molecular formula is C15H16FN3O4S2. The molecule has 0 saturated heterocycles. The van der Waals surface area contributed by atoms with E-state index in [1.807, 2.05) is 0 Å². The van der Waals surface area contributed by atoms with Crippen LogP contribution in [0.3, 0.4) is 0 Å². The maximum Gasteiger partial charge on any atom is 0.311 e. The van der Waals surface area contributed by atoms with E-state index in [2.05, 4.69) is 15.5 Å². The highest BCUT2D eigenvalue weighted by Gasteiger charge is 2.10. The van der Waals surface area contributed by atoms with Gasteiger partial charge < -0.3 is 4.74 Å². The maximum atomic E-state index is 13.7. The highest BCUT2D eigenvalue weighted by atomic mass is 32.2. The molecule has 0 unspecified atom stereocenters. The molecule has 0 bridgehead atoms. The number of hydrazone groups is 1. The van der Waals surface area contributed by atoms with E-state index in [0.29, 0.717) is 17.4 Å². The number of hydrogen-bond donors (Lipinski definition) is 1. The molecule has 0 aliphatic heterocycles. The number of carbonyl (C=O) groups excluding carboxylic acids is 1. The van der Waals surface area contributed by atoms with Gasteiger partial charge in [0.25, 0.3) is 0 Å². The summed E-state index contributed by atoms with van der Waals surface area (Å²) < 4.78 is 41.6. The van der Waals surface area contributed by atoms with Gasteiger partial charge in [0, 0.05) is 17.2 Å². The minimum Gasteiger partial charge on any atom is -0.466 e. The van der Waals surface area contributed by atoms with Crippen molar-refractivity contribution in [3.05, 3.63) is 40.7 Å². The smallest absolute Gasteiger partial charge is 0.311 e. The molecule has 2 rings (SSSR count). The van der Waals surface area contributed by atoms with Gasteiger partial charge in [-0.3, -0.25) is 10.2 Å². The van der Waals surface area contributed by atoms with Gasteiger partial charge in [-0.05, 0) is 25.1 Å². The fourth-order valence-electron chi connectivity index (χ4n) is 1.81. The minimum absolute atomic E-state index is 0.00122. The minimum atomic E-state index is -3.44. The molecular weight excluding hydrogens is 369 g/mol. The average molecular weight is 385 g/mol. The number of esters is 1. The van der Waals surface area contributed by atoms with Gasteiger partial charge in [0.15, 0.2) is 9.84 Å². The Morgan fingerprint density at radius 1 is 1.48 bits per heavy atom. The third kappa shape index (κ3) is 5.61. The zero-order valence-electron chi connectivity index (χ0n) is 13.5. The number of aromatic nitrogens is 1. The van der Waals surface area contributed by atoms with E-state index in [1.165, 1.54) is 23.5 Å². The lowest BCUT2D eigenvalue weighted by Crippen LogP contribution is -2.07. The third-order valence-corrected chi connectivity index (χ3v) is 4.85. The molecule has 0 spiro atoms. The van der Waals surface area contributed by atoms with E-state index in [-0.39, 0.29) is 22.8 Å². The molecule has 2 aromatic rings. The lowest BCUT2D eigenvalue weighted by Gasteiger charge is -2.01. The number of carbonyl (C=O) groups is 1. The molecule has 0 aliphatic carbocycles. The Bertz CT molecular complexity index is 894. The van der Waals surface area contributed by atoms with Crippen molar-refractivity contribution in [3.63, 3.8) is 0 Å². The molecule has 0 amide bonds. The van der Waals surface area contributed by atoms with Crippen molar-refractivity contribution in [3.8, 4) is 0 Å². The van der Waals surface area contributed by atoms with Crippen LogP contribution in [0.5, 0.6) is 0 Å². The van der Waals surface area contributed by atoms with Gasteiger partial charge in [-0.1, -0.05) is 0 Å². The lowest BCUT2D eigenvalue weighted by atomic mass is 10.2. The van der Waals surface area contributed by atoms with Crippen LogP contribution in [0.1, 0.15) is 18.2 Å². The molecule has 1 aromatic carbocycles. The summed E-state index contributed by atoms with van der Waals surface area (Å²) in [6.07, 6.45) is 2.26. The highest BCUT2D eigenvalue weighted by molar-refractivity contribution is 7.90. The first-order valence-corrected chi connectivity index (χ1v) is 9.95. The molecule has 7 nitrogen and oxygen atoms in total. The summed E-state index contributed by atoms with van der Waals surface area (Å²) in [6.45, 7) is 2.02. The second kappa shape index (κ2) is 8.17. The van der Waals surface area contributed by atoms with Gasteiger partial charge in [-0.15, -0.1) is 11.3 Å². The predicted octanol–water partition coefficient (Wildman–Crippen LogP) is 2.24. The summed E-state index contributed by atoms with van der Waals surface area (Å²) in [4.78, 5) is 15.5. The summed E-state index contributed by atoms with van der Waals surface area (Å²) in [7, 11) is -3.44.